The van der Waals surface area contributed by atoms with Gasteiger partial charge in [-0.25, -0.2) is 0 Å². The van der Waals surface area contributed by atoms with Gasteiger partial charge in [0.25, 0.3) is 0 Å². The van der Waals surface area contributed by atoms with Crippen molar-refractivity contribution < 1.29 is 18.0 Å². The molecule has 0 radical (unpaired) electrons. The minimum absolute atomic E-state index is 0.115. The first-order valence-corrected chi connectivity index (χ1v) is 6.58. The molecule has 1 heterocycles. The van der Waals surface area contributed by atoms with E-state index < -0.39 is 11.7 Å². The maximum atomic E-state index is 12.5. The van der Waals surface area contributed by atoms with Crippen molar-refractivity contribution in [1.82, 2.24) is 10.6 Å². The SMILES string of the molecule is O=C(CC1CCNC1)NCc1cccc(C(F)(F)F)c1. The fourth-order valence-corrected chi connectivity index (χ4v) is 2.28. The van der Waals surface area contributed by atoms with E-state index in [4.69, 9.17) is 0 Å². The molecule has 1 atom stereocenters. The van der Waals surface area contributed by atoms with Crippen molar-refractivity contribution in [3.63, 3.8) is 0 Å². The molecule has 6 heteroatoms. The minimum atomic E-state index is -4.35. The highest BCUT2D eigenvalue weighted by atomic mass is 19.4. The number of carbonyl (C=O) groups excluding carboxylic acids is 1. The third-order valence-corrected chi connectivity index (χ3v) is 3.38. The molecular weight excluding hydrogens is 269 g/mol. The molecule has 0 aliphatic carbocycles. The summed E-state index contributed by atoms with van der Waals surface area (Å²) < 4.78 is 37.6. The maximum Gasteiger partial charge on any atom is 0.416 e. The lowest BCUT2D eigenvalue weighted by Crippen LogP contribution is -2.26. The lowest BCUT2D eigenvalue weighted by Gasteiger charge is -2.11. The van der Waals surface area contributed by atoms with Crippen molar-refractivity contribution in [3.8, 4) is 0 Å². The second-order valence-corrected chi connectivity index (χ2v) is 5.04. The Balaban J connectivity index is 1.85. The summed E-state index contributed by atoms with van der Waals surface area (Å²) in [6.07, 6.45) is -2.96. The van der Waals surface area contributed by atoms with E-state index in [1.54, 1.807) is 6.07 Å². The molecule has 2 N–H and O–H groups in total. The van der Waals surface area contributed by atoms with Gasteiger partial charge in [0.1, 0.15) is 0 Å². The monoisotopic (exact) mass is 286 g/mol. The molecule has 0 spiro atoms. The van der Waals surface area contributed by atoms with Gasteiger partial charge >= 0.3 is 6.18 Å². The number of halogens is 3. The standard InChI is InChI=1S/C14H17F3N2O/c15-14(16,17)12-3-1-2-10(6-12)9-19-13(20)7-11-4-5-18-8-11/h1-3,6,11,18H,4-5,7-9H2,(H,19,20). The Labute approximate surface area is 115 Å². The van der Waals surface area contributed by atoms with Gasteiger partial charge in [-0.2, -0.15) is 13.2 Å². The highest BCUT2D eigenvalue weighted by Crippen LogP contribution is 2.29. The zero-order valence-electron chi connectivity index (χ0n) is 11.0. The van der Waals surface area contributed by atoms with E-state index in [2.05, 4.69) is 10.6 Å². The van der Waals surface area contributed by atoms with Crippen molar-refractivity contribution in [3.05, 3.63) is 35.4 Å². The molecule has 1 unspecified atom stereocenters. The van der Waals surface area contributed by atoms with E-state index >= 15 is 0 Å². The van der Waals surface area contributed by atoms with E-state index in [1.165, 1.54) is 6.07 Å². The van der Waals surface area contributed by atoms with Crippen LogP contribution in [0.2, 0.25) is 0 Å². The van der Waals surface area contributed by atoms with Crippen LogP contribution in [0.25, 0.3) is 0 Å². The average molecular weight is 286 g/mol. The molecule has 1 aromatic carbocycles. The normalized spacial score (nSPS) is 19.1. The van der Waals surface area contributed by atoms with Crippen LogP contribution in [-0.4, -0.2) is 19.0 Å². The molecule has 1 aliphatic heterocycles. The Hall–Kier alpha value is -1.56. The van der Waals surface area contributed by atoms with Crippen LogP contribution in [0.15, 0.2) is 24.3 Å². The Morgan fingerprint density at radius 2 is 2.20 bits per heavy atom. The fourth-order valence-electron chi connectivity index (χ4n) is 2.28. The van der Waals surface area contributed by atoms with Crippen LogP contribution >= 0.6 is 0 Å². The van der Waals surface area contributed by atoms with Gasteiger partial charge < -0.3 is 10.6 Å². The summed E-state index contributed by atoms with van der Waals surface area (Å²) in [5.41, 5.74) is -0.234. The summed E-state index contributed by atoms with van der Waals surface area (Å²) in [5, 5.41) is 5.84. The number of hydrogen-bond acceptors (Lipinski definition) is 2. The van der Waals surface area contributed by atoms with Gasteiger partial charge in [0.2, 0.25) is 5.91 Å². The predicted molar refractivity (Wildman–Crippen MR) is 68.9 cm³/mol. The number of alkyl halides is 3. The molecule has 3 nitrogen and oxygen atoms in total. The van der Waals surface area contributed by atoms with Crippen LogP contribution in [0.5, 0.6) is 0 Å². The highest BCUT2D eigenvalue weighted by molar-refractivity contribution is 5.76. The average Bonchev–Trinajstić information content (AvgIpc) is 2.88. The first-order chi connectivity index (χ1) is 9.45. The van der Waals surface area contributed by atoms with E-state index in [0.717, 1.165) is 31.6 Å². The number of benzene rings is 1. The molecule has 1 fully saturated rings. The smallest absolute Gasteiger partial charge is 0.352 e. The summed E-state index contributed by atoms with van der Waals surface area (Å²) in [4.78, 5) is 11.7. The molecule has 1 aliphatic rings. The predicted octanol–water partition coefficient (Wildman–Crippen LogP) is 2.32. The van der Waals surface area contributed by atoms with Crippen molar-refractivity contribution in [2.75, 3.05) is 13.1 Å². The Kier molecular flexibility index (Phi) is 4.65. The van der Waals surface area contributed by atoms with Gasteiger partial charge in [-0.1, -0.05) is 12.1 Å². The Morgan fingerprint density at radius 1 is 1.40 bits per heavy atom. The Bertz CT molecular complexity index is 468. The fraction of sp³-hybridized carbons (Fsp3) is 0.500. The Morgan fingerprint density at radius 3 is 2.85 bits per heavy atom. The van der Waals surface area contributed by atoms with Gasteiger partial charge in [-0.3, -0.25) is 4.79 Å². The van der Waals surface area contributed by atoms with Gasteiger partial charge in [0, 0.05) is 13.0 Å². The third kappa shape index (κ3) is 4.23. The zero-order valence-corrected chi connectivity index (χ0v) is 11.0. The van der Waals surface area contributed by atoms with Crippen LogP contribution < -0.4 is 10.6 Å². The van der Waals surface area contributed by atoms with Gasteiger partial charge in [0.05, 0.1) is 5.56 Å². The summed E-state index contributed by atoms with van der Waals surface area (Å²) in [5.74, 6) is 0.215. The van der Waals surface area contributed by atoms with Gasteiger partial charge in [-0.15, -0.1) is 0 Å². The van der Waals surface area contributed by atoms with Crippen molar-refractivity contribution in [2.45, 2.75) is 25.6 Å². The van der Waals surface area contributed by atoms with E-state index in [1.807, 2.05) is 0 Å². The number of amides is 1. The minimum Gasteiger partial charge on any atom is -0.352 e. The third-order valence-electron chi connectivity index (χ3n) is 3.38. The van der Waals surface area contributed by atoms with Crippen LogP contribution in [-0.2, 0) is 17.5 Å². The lowest BCUT2D eigenvalue weighted by atomic mass is 10.0. The number of nitrogens with one attached hydrogen (secondary N) is 2. The zero-order chi connectivity index (χ0) is 14.6. The second-order valence-electron chi connectivity index (χ2n) is 5.04. The molecule has 1 aromatic rings. The van der Waals surface area contributed by atoms with Crippen LogP contribution in [0, 0.1) is 5.92 Å². The largest absolute Gasteiger partial charge is 0.416 e. The molecule has 0 saturated carbocycles. The summed E-state index contributed by atoms with van der Waals surface area (Å²) in [6.45, 7) is 1.88. The summed E-state index contributed by atoms with van der Waals surface area (Å²) >= 11 is 0. The maximum absolute atomic E-state index is 12.5. The quantitative estimate of drug-likeness (QED) is 0.892. The molecule has 110 valence electrons. The number of hydrogen-bond donors (Lipinski definition) is 2. The first-order valence-electron chi connectivity index (χ1n) is 6.58. The molecule has 1 saturated heterocycles. The number of rotatable bonds is 4. The van der Waals surface area contributed by atoms with Crippen molar-refractivity contribution >= 4 is 5.91 Å². The molecule has 2 rings (SSSR count). The lowest BCUT2D eigenvalue weighted by molar-refractivity contribution is -0.137. The van der Waals surface area contributed by atoms with Gasteiger partial charge in [-0.05, 0) is 43.1 Å². The van der Waals surface area contributed by atoms with Crippen molar-refractivity contribution in [2.24, 2.45) is 5.92 Å². The molecule has 0 bridgehead atoms. The molecule has 1 amide bonds. The summed E-state index contributed by atoms with van der Waals surface area (Å²) in [6, 6.07) is 5.02. The molecule has 20 heavy (non-hydrogen) atoms. The second kappa shape index (κ2) is 6.26. The van der Waals surface area contributed by atoms with Crippen LogP contribution in [0.1, 0.15) is 24.0 Å². The van der Waals surface area contributed by atoms with E-state index in [0.29, 0.717) is 17.9 Å². The van der Waals surface area contributed by atoms with Crippen LogP contribution in [0.3, 0.4) is 0 Å². The molecule has 0 aromatic heterocycles. The molecular formula is C14H17F3N2O. The summed E-state index contributed by atoms with van der Waals surface area (Å²) in [7, 11) is 0. The topological polar surface area (TPSA) is 41.1 Å². The van der Waals surface area contributed by atoms with Crippen molar-refractivity contribution in [1.29, 1.82) is 0 Å². The van der Waals surface area contributed by atoms with Crippen LogP contribution in [0.4, 0.5) is 13.2 Å². The highest BCUT2D eigenvalue weighted by Gasteiger charge is 2.30. The van der Waals surface area contributed by atoms with E-state index in [9.17, 15) is 18.0 Å². The van der Waals surface area contributed by atoms with Gasteiger partial charge in [0.15, 0.2) is 0 Å². The van der Waals surface area contributed by atoms with E-state index in [-0.39, 0.29) is 12.5 Å². The number of carbonyl (C=O) groups is 1. The first kappa shape index (κ1) is 14.8.